The molecule has 15 heavy (non-hydrogen) atoms. The van der Waals surface area contributed by atoms with E-state index in [2.05, 4.69) is 8.75 Å². The third-order valence-electron chi connectivity index (χ3n) is 2.13. The van der Waals surface area contributed by atoms with Gasteiger partial charge in [0.2, 0.25) is 5.91 Å². The number of rotatable bonds is 3. The van der Waals surface area contributed by atoms with E-state index in [1.54, 1.807) is 0 Å². The summed E-state index contributed by atoms with van der Waals surface area (Å²) >= 11 is 1.15. The Hall–Kier alpha value is -1.53. The normalized spacial score (nSPS) is 12.9. The maximum atomic E-state index is 10.7. The second-order valence-corrected chi connectivity index (χ2v) is 3.82. The van der Waals surface area contributed by atoms with Crippen molar-refractivity contribution in [1.82, 2.24) is 8.75 Å². The first kappa shape index (κ1) is 10.0. The molecular formula is C9H10N4OS. The first-order valence-corrected chi connectivity index (χ1v) is 5.16. The Morgan fingerprint density at radius 1 is 1.40 bits per heavy atom. The molecule has 1 aromatic carbocycles. The second-order valence-electron chi connectivity index (χ2n) is 3.29. The molecule has 0 radical (unpaired) electrons. The molecule has 0 aliphatic rings. The van der Waals surface area contributed by atoms with Crippen LogP contribution in [0.25, 0.3) is 11.0 Å². The topological polar surface area (TPSA) is 94.9 Å². The van der Waals surface area contributed by atoms with Gasteiger partial charge in [-0.2, -0.15) is 8.75 Å². The van der Waals surface area contributed by atoms with Crippen molar-refractivity contribution in [3.8, 4) is 0 Å². The number of carbonyl (C=O) groups is 1. The maximum absolute atomic E-state index is 10.7. The summed E-state index contributed by atoms with van der Waals surface area (Å²) in [5, 5.41) is 0. The number of benzene rings is 1. The molecule has 1 aromatic heterocycles. The molecule has 0 saturated heterocycles. The lowest BCUT2D eigenvalue weighted by Crippen LogP contribution is -2.20. The SMILES string of the molecule is NC(=O)CC(N)c1ccc2nsnc2c1. The molecule has 0 saturated carbocycles. The van der Waals surface area contributed by atoms with Crippen LogP contribution in [0.1, 0.15) is 18.0 Å². The third kappa shape index (κ3) is 2.11. The summed E-state index contributed by atoms with van der Waals surface area (Å²) in [4.78, 5) is 10.7. The molecule has 1 unspecified atom stereocenters. The average molecular weight is 222 g/mol. The Kier molecular flexibility index (Phi) is 2.61. The van der Waals surface area contributed by atoms with E-state index in [0.717, 1.165) is 28.3 Å². The molecule has 0 aliphatic carbocycles. The molecule has 0 aliphatic heterocycles. The molecule has 0 spiro atoms. The fourth-order valence-electron chi connectivity index (χ4n) is 1.36. The summed E-state index contributed by atoms with van der Waals surface area (Å²) in [5.74, 6) is -0.404. The molecule has 2 aromatic rings. The smallest absolute Gasteiger partial charge is 0.219 e. The van der Waals surface area contributed by atoms with E-state index >= 15 is 0 Å². The van der Waals surface area contributed by atoms with Crippen molar-refractivity contribution >= 4 is 28.7 Å². The zero-order valence-corrected chi connectivity index (χ0v) is 8.70. The van der Waals surface area contributed by atoms with Gasteiger partial charge in [-0.15, -0.1) is 0 Å². The van der Waals surface area contributed by atoms with E-state index < -0.39 is 5.91 Å². The third-order valence-corrected chi connectivity index (χ3v) is 2.68. The lowest BCUT2D eigenvalue weighted by Gasteiger charge is -2.08. The first-order chi connectivity index (χ1) is 7.16. The summed E-state index contributed by atoms with van der Waals surface area (Å²) in [7, 11) is 0. The van der Waals surface area contributed by atoms with Crippen LogP contribution in [0, 0.1) is 0 Å². The average Bonchev–Trinajstić information content (AvgIpc) is 2.62. The summed E-state index contributed by atoms with van der Waals surface area (Å²) in [6.07, 6.45) is 0.142. The Morgan fingerprint density at radius 2 is 2.13 bits per heavy atom. The van der Waals surface area contributed by atoms with Gasteiger partial charge in [0, 0.05) is 12.5 Å². The van der Waals surface area contributed by atoms with E-state index in [4.69, 9.17) is 11.5 Å². The minimum Gasteiger partial charge on any atom is -0.370 e. The monoisotopic (exact) mass is 222 g/mol. The number of fused-ring (bicyclic) bond motifs is 1. The molecule has 4 N–H and O–H groups in total. The number of hydrogen-bond acceptors (Lipinski definition) is 5. The van der Waals surface area contributed by atoms with Crippen molar-refractivity contribution < 1.29 is 4.79 Å². The Morgan fingerprint density at radius 3 is 2.87 bits per heavy atom. The fraction of sp³-hybridized carbons (Fsp3) is 0.222. The van der Waals surface area contributed by atoms with E-state index in [0.29, 0.717) is 0 Å². The van der Waals surface area contributed by atoms with Crippen LogP contribution in [0.2, 0.25) is 0 Å². The van der Waals surface area contributed by atoms with Gasteiger partial charge in [0.1, 0.15) is 11.0 Å². The minimum absolute atomic E-state index is 0.142. The molecule has 1 heterocycles. The number of nitrogens with zero attached hydrogens (tertiary/aromatic N) is 2. The van der Waals surface area contributed by atoms with Crippen molar-refractivity contribution in [2.45, 2.75) is 12.5 Å². The summed E-state index contributed by atoms with van der Waals surface area (Å²) in [6.45, 7) is 0. The maximum Gasteiger partial charge on any atom is 0.219 e. The Bertz CT molecular complexity index is 496. The minimum atomic E-state index is -0.404. The molecule has 5 nitrogen and oxygen atoms in total. The molecule has 0 bridgehead atoms. The number of primary amides is 1. The van der Waals surface area contributed by atoms with Crippen LogP contribution >= 0.6 is 11.7 Å². The van der Waals surface area contributed by atoms with Crippen LogP contribution in [-0.4, -0.2) is 14.7 Å². The summed E-state index contributed by atoms with van der Waals surface area (Å²) in [5.41, 5.74) is 13.4. The van der Waals surface area contributed by atoms with Gasteiger partial charge in [-0.1, -0.05) is 6.07 Å². The van der Waals surface area contributed by atoms with Crippen LogP contribution in [0.15, 0.2) is 18.2 Å². The van der Waals surface area contributed by atoms with Gasteiger partial charge in [-0.25, -0.2) is 0 Å². The van der Waals surface area contributed by atoms with Gasteiger partial charge in [0.15, 0.2) is 0 Å². The highest BCUT2D eigenvalue weighted by molar-refractivity contribution is 7.00. The predicted octanol–water partition coefficient (Wildman–Crippen LogP) is 0.566. The zero-order valence-electron chi connectivity index (χ0n) is 7.88. The quantitative estimate of drug-likeness (QED) is 0.793. The second kappa shape index (κ2) is 3.92. The summed E-state index contributed by atoms with van der Waals surface area (Å²) in [6, 6.07) is 5.16. The van der Waals surface area contributed by atoms with Gasteiger partial charge >= 0.3 is 0 Å². The highest BCUT2D eigenvalue weighted by atomic mass is 32.1. The molecule has 0 fully saturated rings. The Labute approximate surface area is 90.4 Å². The molecule has 2 rings (SSSR count). The van der Waals surface area contributed by atoms with E-state index in [1.165, 1.54) is 0 Å². The van der Waals surface area contributed by atoms with Gasteiger partial charge in [-0.3, -0.25) is 4.79 Å². The highest BCUT2D eigenvalue weighted by Gasteiger charge is 2.10. The van der Waals surface area contributed by atoms with E-state index in [-0.39, 0.29) is 12.5 Å². The molecule has 1 amide bonds. The zero-order chi connectivity index (χ0) is 10.8. The van der Waals surface area contributed by atoms with Crippen LogP contribution < -0.4 is 11.5 Å². The van der Waals surface area contributed by atoms with Crippen LogP contribution in [0.4, 0.5) is 0 Å². The molecular weight excluding hydrogens is 212 g/mol. The summed E-state index contributed by atoms with van der Waals surface area (Å²) < 4.78 is 8.18. The standard InChI is InChI=1S/C9H10N4OS/c10-6(4-9(11)14)5-1-2-7-8(3-5)13-15-12-7/h1-3,6H,4,10H2,(H2,11,14). The lowest BCUT2D eigenvalue weighted by atomic mass is 10.0. The fourth-order valence-corrected chi connectivity index (χ4v) is 1.88. The van der Waals surface area contributed by atoms with Crippen molar-refractivity contribution in [2.75, 3.05) is 0 Å². The van der Waals surface area contributed by atoms with Crippen molar-refractivity contribution in [1.29, 1.82) is 0 Å². The lowest BCUT2D eigenvalue weighted by molar-refractivity contribution is -0.118. The van der Waals surface area contributed by atoms with Crippen molar-refractivity contribution in [3.63, 3.8) is 0 Å². The van der Waals surface area contributed by atoms with Gasteiger partial charge < -0.3 is 11.5 Å². The van der Waals surface area contributed by atoms with Gasteiger partial charge in [-0.05, 0) is 17.7 Å². The molecule has 6 heteroatoms. The highest BCUT2D eigenvalue weighted by Crippen LogP contribution is 2.19. The van der Waals surface area contributed by atoms with E-state index in [1.807, 2.05) is 18.2 Å². The molecule has 78 valence electrons. The first-order valence-electron chi connectivity index (χ1n) is 4.43. The number of aromatic nitrogens is 2. The van der Waals surface area contributed by atoms with Crippen molar-refractivity contribution in [2.24, 2.45) is 11.5 Å². The number of nitrogens with two attached hydrogens (primary N) is 2. The van der Waals surface area contributed by atoms with Gasteiger partial charge in [0.05, 0.1) is 11.7 Å². The largest absolute Gasteiger partial charge is 0.370 e. The van der Waals surface area contributed by atoms with E-state index in [9.17, 15) is 4.79 Å². The van der Waals surface area contributed by atoms with Crippen LogP contribution in [-0.2, 0) is 4.79 Å². The van der Waals surface area contributed by atoms with Crippen LogP contribution in [0.3, 0.4) is 0 Å². The number of carbonyl (C=O) groups excluding carboxylic acids is 1. The van der Waals surface area contributed by atoms with Crippen LogP contribution in [0.5, 0.6) is 0 Å². The Balaban J connectivity index is 2.30. The number of hydrogen-bond donors (Lipinski definition) is 2. The van der Waals surface area contributed by atoms with Crippen molar-refractivity contribution in [3.05, 3.63) is 23.8 Å². The molecule has 1 atom stereocenters. The van der Waals surface area contributed by atoms with Gasteiger partial charge in [0.25, 0.3) is 0 Å². The predicted molar refractivity (Wildman–Crippen MR) is 58.2 cm³/mol. The number of amides is 1.